The fourth-order valence-electron chi connectivity index (χ4n) is 2.05. The Kier molecular flexibility index (Phi) is 2.44. The summed E-state index contributed by atoms with van der Waals surface area (Å²) in [5, 5.41) is 2.90. The lowest BCUT2D eigenvalue weighted by molar-refractivity contribution is -0.151. The fraction of sp³-hybridized carbons (Fsp3) is 0.800. The molecule has 0 spiro atoms. The Bertz CT molecular complexity index is 260. The van der Waals surface area contributed by atoms with Gasteiger partial charge < -0.3 is 10.1 Å². The van der Waals surface area contributed by atoms with Crippen molar-refractivity contribution in [1.82, 2.24) is 5.32 Å². The van der Waals surface area contributed by atoms with Crippen LogP contribution in [0.1, 0.15) is 25.7 Å². The first-order valence-electron chi connectivity index (χ1n) is 5.10. The molecule has 1 saturated carbocycles. The summed E-state index contributed by atoms with van der Waals surface area (Å²) >= 11 is 0. The van der Waals surface area contributed by atoms with Crippen LogP contribution in [0.15, 0.2) is 0 Å². The molecule has 1 aliphatic carbocycles. The smallest absolute Gasteiger partial charge is 0.318 e. The third kappa shape index (κ3) is 1.74. The van der Waals surface area contributed by atoms with Crippen molar-refractivity contribution in [1.29, 1.82) is 0 Å². The first-order chi connectivity index (χ1) is 6.72. The number of nitrogens with one attached hydrogen (secondary N) is 1. The van der Waals surface area contributed by atoms with Crippen LogP contribution in [0.3, 0.4) is 0 Å². The van der Waals surface area contributed by atoms with Crippen molar-refractivity contribution in [3.8, 4) is 0 Å². The van der Waals surface area contributed by atoms with Gasteiger partial charge in [0.2, 0.25) is 5.91 Å². The highest BCUT2D eigenvalue weighted by Gasteiger charge is 2.40. The predicted octanol–water partition coefficient (Wildman–Crippen LogP) is 0.464. The van der Waals surface area contributed by atoms with E-state index in [4.69, 9.17) is 0 Å². The zero-order valence-corrected chi connectivity index (χ0v) is 8.29. The van der Waals surface area contributed by atoms with E-state index in [1.54, 1.807) is 0 Å². The van der Waals surface area contributed by atoms with Crippen molar-refractivity contribution in [3.63, 3.8) is 0 Å². The number of hydrogen-bond acceptors (Lipinski definition) is 3. The molecule has 4 heteroatoms. The zero-order chi connectivity index (χ0) is 10.1. The van der Waals surface area contributed by atoms with Crippen molar-refractivity contribution in [2.75, 3.05) is 7.11 Å². The van der Waals surface area contributed by atoms with E-state index in [0.717, 1.165) is 6.42 Å². The van der Waals surface area contributed by atoms with Gasteiger partial charge in [-0.05, 0) is 31.6 Å². The number of methoxy groups -OCH3 is 1. The van der Waals surface area contributed by atoms with Gasteiger partial charge in [0.15, 0.2) is 0 Å². The van der Waals surface area contributed by atoms with Gasteiger partial charge in [0, 0.05) is 6.04 Å². The number of rotatable bonds is 2. The molecule has 4 nitrogen and oxygen atoms in total. The summed E-state index contributed by atoms with van der Waals surface area (Å²) in [5.74, 6) is -0.468. The van der Waals surface area contributed by atoms with Gasteiger partial charge in [-0.3, -0.25) is 9.59 Å². The first-order valence-corrected chi connectivity index (χ1v) is 5.10. The van der Waals surface area contributed by atoms with Crippen LogP contribution < -0.4 is 5.32 Å². The molecular formula is C10H15NO3. The predicted molar refractivity (Wildman–Crippen MR) is 49.4 cm³/mol. The number of carbonyl (C=O) groups excluding carboxylic acids is 2. The van der Waals surface area contributed by atoms with Gasteiger partial charge in [-0.25, -0.2) is 0 Å². The summed E-state index contributed by atoms with van der Waals surface area (Å²) in [4.78, 5) is 22.7. The molecule has 2 aliphatic rings. The Hall–Kier alpha value is -1.06. The highest BCUT2D eigenvalue weighted by atomic mass is 16.5. The molecule has 2 rings (SSSR count). The highest BCUT2D eigenvalue weighted by Crippen LogP contribution is 2.36. The molecule has 14 heavy (non-hydrogen) atoms. The standard InChI is InChI=1S/C10H15NO3/c1-14-10(13)7-4-5-8(6-2-3-6)11-9(7)12/h6-8H,2-5H2,1H3,(H,11,12)/t7-,8-/m0/s1. The van der Waals surface area contributed by atoms with Crippen LogP contribution in [0.5, 0.6) is 0 Å². The topological polar surface area (TPSA) is 55.4 Å². The highest BCUT2D eigenvalue weighted by molar-refractivity contribution is 5.98. The maximum Gasteiger partial charge on any atom is 0.318 e. The molecule has 1 amide bonds. The van der Waals surface area contributed by atoms with Gasteiger partial charge in [-0.15, -0.1) is 0 Å². The minimum atomic E-state index is -0.574. The second-order valence-corrected chi connectivity index (χ2v) is 4.11. The molecule has 78 valence electrons. The van der Waals surface area contributed by atoms with Crippen molar-refractivity contribution in [2.45, 2.75) is 31.7 Å². The van der Waals surface area contributed by atoms with Crippen molar-refractivity contribution in [2.24, 2.45) is 11.8 Å². The second kappa shape index (κ2) is 3.59. The summed E-state index contributed by atoms with van der Waals surface area (Å²) in [6, 6.07) is 0.309. The monoisotopic (exact) mass is 197 g/mol. The van der Waals surface area contributed by atoms with E-state index in [9.17, 15) is 9.59 Å². The fourth-order valence-corrected chi connectivity index (χ4v) is 2.05. The van der Waals surface area contributed by atoms with Crippen LogP contribution in [-0.2, 0) is 14.3 Å². The summed E-state index contributed by atoms with van der Waals surface area (Å²) < 4.78 is 4.57. The molecule has 2 atom stereocenters. The lowest BCUT2D eigenvalue weighted by atomic mass is 9.92. The van der Waals surface area contributed by atoms with Crippen molar-refractivity contribution >= 4 is 11.9 Å². The number of ether oxygens (including phenoxy) is 1. The van der Waals surface area contributed by atoms with Gasteiger partial charge in [0.25, 0.3) is 0 Å². The van der Waals surface area contributed by atoms with Crippen LogP contribution in [0.2, 0.25) is 0 Å². The van der Waals surface area contributed by atoms with E-state index < -0.39 is 11.9 Å². The van der Waals surface area contributed by atoms with Crippen LogP contribution >= 0.6 is 0 Å². The molecule has 0 unspecified atom stereocenters. The van der Waals surface area contributed by atoms with Crippen molar-refractivity contribution < 1.29 is 14.3 Å². The third-order valence-corrected chi connectivity index (χ3v) is 3.09. The molecule has 0 aromatic carbocycles. The van der Waals surface area contributed by atoms with E-state index >= 15 is 0 Å². The Balaban J connectivity index is 1.92. The van der Waals surface area contributed by atoms with E-state index in [1.807, 2.05) is 0 Å². The van der Waals surface area contributed by atoms with Gasteiger partial charge in [0.05, 0.1) is 7.11 Å². The summed E-state index contributed by atoms with van der Waals surface area (Å²) in [5.41, 5.74) is 0. The number of carbonyl (C=O) groups is 2. The third-order valence-electron chi connectivity index (χ3n) is 3.09. The Morgan fingerprint density at radius 2 is 2.07 bits per heavy atom. The quantitative estimate of drug-likeness (QED) is 0.517. The normalized spacial score (nSPS) is 32.2. The van der Waals surface area contributed by atoms with E-state index in [-0.39, 0.29) is 5.91 Å². The Morgan fingerprint density at radius 1 is 1.36 bits per heavy atom. The average Bonchev–Trinajstić information content (AvgIpc) is 3.00. The number of hydrogen-bond donors (Lipinski definition) is 1. The maximum atomic E-state index is 11.5. The molecular weight excluding hydrogens is 182 g/mol. The first kappa shape index (κ1) is 9.49. The SMILES string of the molecule is COC(=O)[C@H]1CC[C@@H](C2CC2)NC1=O. The number of piperidine rings is 1. The molecule has 2 fully saturated rings. The minimum Gasteiger partial charge on any atom is -0.468 e. The molecule has 1 N–H and O–H groups in total. The molecule has 1 aliphatic heterocycles. The molecule has 1 heterocycles. The average molecular weight is 197 g/mol. The van der Waals surface area contributed by atoms with E-state index in [1.165, 1.54) is 20.0 Å². The molecule has 0 radical (unpaired) electrons. The summed E-state index contributed by atoms with van der Waals surface area (Å²) in [6.07, 6.45) is 3.98. The van der Waals surface area contributed by atoms with Crippen molar-refractivity contribution in [3.05, 3.63) is 0 Å². The van der Waals surface area contributed by atoms with E-state index in [2.05, 4.69) is 10.1 Å². The molecule has 0 bridgehead atoms. The van der Waals surface area contributed by atoms with Crippen LogP contribution in [0, 0.1) is 11.8 Å². The van der Waals surface area contributed by atoms with Crippen LogP contribution in [0.4, 0.5) is 0 Å². The van der Waals surface area contributed by atoms with Gasteiger partial charge in [-0.1, -0.05) is 0 Å². The molecule has 0 aromatic rings. The second-order valence-electron chi connectivity index (χ2n) is 4.11. The number of amides is 1. The summed E-state index contributed by atoms with van der Waals surface area (Å²) in [7, 11) is 1.32. The van der Waals surface area contributed by atoms with Gasteiger partial charge >= 0.3 is 5.97 Å². The number of esters is 1. The summed E-state index contributed by atoms with van der Waals surface area (Å²) in [6.45, 7) is 0. The largest absolute Gasteiger partial charge is 0.468 e. The Morgan fingerprint density at radius 3 is 2.57 bits per heavy atom. The van der Waals surface area contributed by atoms with Crippen LogP contribution in [0.25, 0.3) is 0 Å². The maximum absolute atomic E-state index is 11.5. The zero-order valence-electron chi connectivity index (χ0n) is 8.29. The van der Waals surface area contributed by atoms with Gasteiger partial charge in [-0.2, -0.15) is 0 Å². The lowest BCUT2D eigenvalue weighted by Crippen LogP contribution is -2.47. The minimum absolute atomic E-state index is 0.153. The molecule has 1 saturated heterocycles. The lowest BCUT2D eigenvalue weighted by Gasteiger charge is -2.27. The Labute approximate surface area is 83.0 Å². The van der Waals surface area contributed by atoms with Gasteiger partial charge in [0.1, 0.15) is 5.92 Å². The molecule has 0 aromatic heterocycles. The van der Waals surface area contributed by atoms with E-state index in [0.29, 0.717) is 18.4 Å². The van der Waals surface area contributed by atoms with Crippen LogP contribution in [-0.4, -0.2) is 25.0 Å².